The van der Waals surface area contributed by atoms with Gasteiger partial charge in [0, 0.05) is 0 Å². The van der Waals surface area contributed by atoms with Crippen molar-refractivity contribution in [1.82, 2.24) is 20.6 Å². The Bertz CT molecular complexity index is 92.5. The highest BCUT2D eigenvalue weighted by Crippen LogP contribution is 1.58. The number of H-pyrrole nitrogens is 1. The van der Waals surface area contributed by atoms with Gasteiger partial charge in [-0.05, 0) is 16.5 Å². The van der Waals surface area contributed by atoms with Gasteiger partial charge in [-0.1, -0.05) is 13.8 Å². The first-order valence-electron chi connectivity index (χ1n) is 2.66. The van der Waals surface area contributed by atoms with Crippen LogP contribution in [0.25, 0.3) is 0 Å². The van der Waals surface area contributed by atoms with Gasteiger partial charge in [-0.2, -0.15) is 0 Å². The van der Waals surface area contributed by atoms with Crippen LogP contribution >= 0.6 is 0 Å². The maximum absolute atomic E-state index is 5.11. The van der Waals surface area contributed by atoms with Crippen molar-refractivity contribution in [3.05, 3.63) is 6.33 Å². The molecule has 0 bridgehead atoms. The van der Waals surface area contributed by atoms with Crippen molar-refractivity contribution >= 4 is 0 Å². The topological polar surface area (TPSA) is 80.5 Å². The standard InChI is InChI=1S/C3H9N.CH2N4/c1-3(2)4;1-2-4-5-3-1/h3H,4H2,1-2H3;1H,(H,2,3,4,5). The first-order chi connectivity index (χ1) is 4.23. The summed E-state index contributed by atoms with van der Waals surface area (Å²) < 4.78 is 0. The zero-order valence-corrected chi connectivity index (χ0v) is 5.57. The Labute approximate surface area is 53.6 Å². The summed E-state index contributed by atoms with van der Waals surface area (Å²) in [4.78, 5) is 0. The molecular weight excluding hydrogens is 118 g/mol. The number of aromatic nitrogens is 4. The van der Waals surface area contributed by atoms with Crippen LogP contribution in [0.3, 0.4) is 0 Å². The van der Waals surface area contributed by atoms with Crippen LogP contribution in [0, 0.1) is 0 Å². The van der Waals surface area contributed by atoms with E-state index in [9.17, 15) is 0 Å². The average molecular weight is 129 g/mol. The predicted octanol–water partition coefficient (Wildman–Crippen LogP) is -0.447. The van der Waals surface area contributed by atoms with E-state index >= 15 is 0 Å². The number of nitrogens with zero attached hydrogens (tertiary/aromatic N) is 3. The zero-order chi connectivity index (χ0) is 7.11. The molecule has 0 fully saturated rings. The third kappa shape index (κ3) is 11.0. The van der Waals surface area contributed by atoms with E-state index in [1.165, 1.54) is 6.33 Å². The zero-order valence-electron chi connectivity index (χ0n) is 5.57. The smallest absolute Gasteiger partial charge is 0.135 e. The van der Waals surface area contributed by atoms with Gasteiger partial charge in [0.05, 0.1) is 0 Å². The van der Waals surface area contributed by atoms with Crippen molar-refractivity contribution in [3.8, 4) is 0 Å². The highest BCUT2D eigenvalue weighted by molar-refractivity contribution is 4.32. The summed E-state index contributed by atoms with van der Waals surface area (Å²) in [5, 5.41) is 12.1. The molecule has 1 heterocycles. The van der Waals surface area contributed by atoms with E-state index in [0.717, 1.165) is 0 Å². The second-order valence-corrected chi connectivity index (χ2v) is 1.81. The van der Waals surface area contributed by atoms with Crippen molar-refractivity contribution < 1.29 is 0 Å². The van der Waals surface area contributed by atoms with E-state index in [4.69, 9.17) is 5.73 Å². The van der Waals surface area contributed by atoms with Gasteiger partial charge in [-0.3, -0.25) is 0 Å². The van der Waals surface area contributed by atoms with Gasteiger partial charge < -0.3 is 5.73 Å². The number of rotatable bonds is 0. The van der Waals surface area contributed by atoms with E-state index in [2.05, 4.69) is 20.6 Å². The molecule has 5 heteroatoms. The predicted molar refractivity (Wildman–Crippen MR) is 33.5 cm³/mol. The SMILES string of the molecule is CC(C)N.c1nnn[nH]1. The monoisotopic (exact) mass is 129 g/mol. The highest BCUT2D eigenvalue weighted by Gasteiger charge is 1.67. The van der Waals surface area contributed by atoms with Crippen LogP contribution in [0.1, 0.15) is 13.8 Å². The van der Waals surface area contributed by atoms with E-state index in [-0.39, 0.29) is 0 Å². The molecule has 52 valence electrons. The second kappa shape index (κ2) is 5.17. The molecule has 0 atom stereocenters. The molecule has 0 aromatic carbocycles. The Morgan fingerprint density at radius 3 is 2.22 bits per heavy atom. The number of hydrogen-bond donors (Lipinski definition) is 2. The van der Waals surface area contributed by atoms with Gasteiger partial charge in [0.2, 0.25) is 0 Å². The van der Waals surface area contributed by atoms with E-state index < -0.39 is 0 Å². The van der Waals surface area contributed by atoms with Gasteiger partial charge >= 0.3 is 0 Å². The van der Waals surface area contributed by atoms with Gasteiger partial charge in [0.25, 0.3) is 0 Å². The maximum Gasteiger partial charge on any atom is 0.135 e. The normalized spacial score (nSPS) is 8.44. The van der Waals surface area contributed by atoms with Crippen LogP contribution in [-0.4, -0.2) is 26.7 Å². The number of aromatic amines is 1. The minimum absolute atomic E-state index is 0.333. The fourth-order valence-corrected chi connectivity index (χ4v) is 0.129. The molecule has 0 unspecified atom stereocenters. The van der Waals surface area contributed by atoms with Crippen molar-refractivity contribution in [3.63, 3.8) is 0 Å². The van der Waals surface area contributed by atoms with Crippen molar-refractivity contribution in [1.29, 1.82) is 0 Å². The second-order valence-electron chi connectivity index (χ2n) is 1.81. The summed E-state index contributed by atoms with van der Waals surface area (Å²) in [6.45, 7) is 3.89. The van der Waals surface area contributed by atoms with Crippen molar-refractivity contribution in [2.75, 3.05) is 0 Å². The van der Waals surface area contributed by atoms with E-state index in [1.807, 2.05) is 13.8 Å². The van der Waals surface area contributed by atoms with Gasteiger partial charge in [-0.15, -0.1) is 5.10 Å². The van der Waals surface area contributed by atoms with Crippen LogP contribution in [0.15, 0.2) is 6.33 Å². The molecule has 3 N–H and O–H groups in total. The molecule has 0 aliphatic heterocycles. The first kappa shape index (κ1) is 8.03. The number of nitrogens with one attached hydrogen (secondary N) is 1. The van der Waals surface area contributed by atoms with Crippen LogP contribution in [0.5, 0.6) is 0 Å². The van der Waals surface area contributed by atoms with E-state index in [0.29, 0.717) is 6.04 Å². The quantitative estimate of drug-likeness (QED) is 0.497. The lowest BCUT2D eigenvalue weighted by molar-refractivity contribution is 0.834. The molecular formula is C4H11N5. The average Bonchev–Trinajstić information content (AvgIpc) is 2.11. The highest BCUT2D eigenvalue weighted by atomic mass is 15.5. The Hall–Kier alpha value is -0.970. The summed E-state index contributed by atoms with van der Waals surface area (Å²) in [5.41, 5.74) is 5.11. The minimum Gasteiger partial charge on any atom is -0.328 e. The van der Waals surface area contributed by atoms with Crippen LogP contribution in [-0.2, 0) is 0 Å². The lowest BCUT2D eigenvalue weighted by atomic mass is 10.5. The first-order valence-corrected chi connectivity index (χ1v) is 2.66. The van der Waals surface area contributed by atoms with Gasteiger partial charge in [0.15, 0.2) is 0 Å². The Kier molecular flexibility index (Phi) is 4.61. The van der Waals surface area contributed by atoms with Crippen LogP contribution in [0.2, 0.25) is 0 Å². The third-order valence-electron chi connectivity index (χ3n) is 0.270. The number of tetrazole rings is 1. The molecule has 0 radical (unpaired) electrons. The molecule has 0 saturated heterocycles. The summed E-state index contributed by atoms with van der Waals surface area (Å²) in [7, 11) is 0. The molecule has 0 aliphatic carbocycles. The van der Waals surface area contributed by atoms with Crippen LogP contribution in [0.4, 0.5) is 0 Å². The molecule has 0 aliphatic rings. The summed E-state index contributed by atoms with van der Waals surface area (Å²) in [6, 6.07) is 0.333. The fourth-order valence-electron chi connectivity index (χ4n) is 0.129. The number of nitrogens with two attached hydrogens (primary N) is 1. The Morgan fingerprint density at radius 2 is 2.11 bits per heavy atom. The molecule has 9 heavy (non-hydrogen) atoms. The van der Waals surface area contributed by atoms with Crippen LogP contribution < -0.4 is 5.73 Å². The van der Waals surface area contributed by atoms with Gasteiger partial charge in [-0.25, -0.2) is 5.10 Å². The largest absolute Gasteiger partial charge is 0.328 e. The summed E-state index contributed by atoms with van der Waals surface area (Å²) in [5.74, 6) is 0. The number of hydrogen-bond acceptors (Lipinski definition) is 4. The van der Waals surface area contributed by atoms with Crippen molar-refractivity contribution in [2.45, 2.75) is 19.9 Å². The molecule has 0 amide bonds. The van der Waals surface area contributed by atoms with Gasteiger partial charge in [0.1, 0.15) is 6.33 Å². The lowest BCUT2D eigenvalue weighted by Crippen LogP contribution is -2.06. The molecule has 0 saturated carbocycles. The lowest BCUT2D eigenvalue weighted by Gasteiger charge is -1.81. The van der Waals surface area contributed by atoms with Crippen molar-refractivity contribution in [2.24, 2.45) is 5.73 Å². The third-order valence-corrected chi connectivity index (χ3v) is 0.270. The molecule has 1 aromatic heterocycles. The minimum atomic E-state index is 0.333. The Morgan fingerprint density at radius 1 is 1.56 bits per heavy atom. The molecule has 1 rings (SSSR count). The van der Waals surface area contributed by atoms with E-state index in [1.54, 1.807) is 0 Å². The fraction of sp³-hybridized carbons (Fsp3) is 0.750. The molecule has 0 spiro atoms. The summed E-state index contributed by atoms with van der Waals surface area (Å²) >= 11 is 0. The molecule has 5 nitrogen and oxygen atoms in total. The molecule has 1 aromatic rings. The Balaban J connectivity index is 0.000000148. The maximum atomic E-state index is 5.11. The summed E-state index contributed by atoms with van der Waals surface area (Å²) in [6.07, 6.45) is 1.40.